The second kappa shape index (κ2) is 6.18. The molecule has 0 aliphatic rings. The molecule has 1 aromatic heterocycles. The summed E-state index contributed by atoms with van der Waals surface area (Å²) in [5.74, 6) is -4.64. The van der Waals surface area contributed by atoms with Crippen molar-refractivity contribution in [1.82, 2.24) is 20.6 Å². The third-order valence-electron chi connectivity index (χ3n) is 3.19. The van der Waals surface area contributed by atoms with Crippen LogP contribution in [0.3, 0.4) is 0 Å². The number of nitrogens with one attached hydrogen (secondary N) is 1. The lowest BCUT2D eigenvalue weighted by Crippen LogP contribution is -2.48. The summed E-state index contributed by atoms with van der Waals surface area (Å²) >= 11 is 0. The molecule has 1 aromatic rings. The molecule has 0 bridgehead atoms. The van der Waals surface area contributed by atoms with Gasteiger partial charge in [0.2, 0.25) is 17.2 Å². The van der Waals surface area contributed by atoms with Crippen molar-refractivity contribution >= 4 is 5.78 Å². The SMILES string of the molecule is CC(CCCC(=O)C(F)(F)F)C(O)(c1nn[nH]n1)C(F)(F)F. The van der Waals surface area contributed by atoms with E-state index in [4.69, 9.17) is 0 Å². The van der Waals surface area contributed by atoms with Gasteiger partial charge in [0.1, 0.15) is 0 Å². The lowest BCUT2D eigenvalue weighted by molar-refractivity contribution is -0.289. The summed E-state index contributed by atoms with van der Waals surface area (Å²) in [6, 6.07) is 0. The summed E-state index contributed by atoms with van der Waals surface area (Å²) < 4.78 is 75.2. The predicted octanol–water partition coefficient (Wildman–Crippen LogP) is 1.89. The third kappa shape index (κ3) is 3.72. The molecule has 0 spiro atoms. The van der Waals surface area contributed by atoms with Crippen molar-refractivity contribution in [3.63, 3.8) is 0 Å². The van der Waals surface area contributed by atoms with Crippen LogP contribution < -0.4 is 0 Å². The van der Waals surface area contributed by atoms with Crippen molar-refractivity contribution in [2.75, 3.05) is 0 Å². The van der Waals surface area contributed by atoms with E-state index in [1.54, 1.807) is 5.21 Å². The predicted molar refractivity (Wildman–Crippen MR) is 58.2 cm³/mol. The van der Waals surface area contributed by atoms with Gasteiger partial charge in [0, 0.05) is 12.3 Å². The first-order chi connectivity index (χ1) is 9.90. The van der Waals surface area contributed by atoms with Gasteiger partial charge in [-0.2, -0.15) is 31.6 Å². The highest BCUT2D eigenvalue weighted by Gasteiger charge is 2.61. The van der Waals surface area contributed by atoms with Crippen LogP contribution in [0.15, 0.2) is 0 Å². The Hall–Kier alpha value is -1.72. The van der Waals surface area contributed by atoms with Gasteiger partial charge in [-0.15, -0.1) is 10.2 Å². The third-order valence-corrected chi connectivity index (χ3v) is 3.19. The number of carbonyl (C=O) groups excluding carboxylic acids is 1. The van der Waals surface area contributed by atoms with Crippen molar-refractivity contribution in [2.45, 2.75) is 44.1 Å². The van der Waals surface area contributed by atoms with Gasteiger partial charge in [-0.1, -0.05) is 12.1 Å². The summed E-state index contributed by atoms with van der Waals surface area (Å²) in [5, 5.41) is 20.8. The maximum atomic E-state index is 13.1. The summed E-state index contributed by atoms with van der Waals surface area (Å²) in [6.45, 7) is 0.974. The van der Waals surface area contributed by atoms with Gasteiger partial charge in [-0.25, -0.2) is 0 Å². The molecule has 22 heavy (non-hydrogen) atoms. The zero-order valence-electron chi connectivity index (χ0n) is 11.2. The van der Waals surface area contributed by atoms with Gasteiger partial charge in [-0.3, -0.25) is 4.79 Å². The number of nitrogens with zero attached hydrogens (tertiary/aromatic N) is 3. The van der Waals surface area contributed by atoms with Crippen LogP contribution in [0.5, 0.6) is 0 Å². The lowest BCUT2D eigenvalue weighted by atomic mass is 9.83. The number of rotatable bonds is 6. The second-order valence-electron chi connectivity index (χ2n) is 4.71. The van der Waals surface area contributed by atoms with Crippen molar-refractivity contribution < 1.29 is 36.2 Å². The largest absolute Gasteiger partial charge is 0.449 e. The van der Waals surface area contributed by atoms with Crippen molar-refractivity contribution in [3.05, 3.63) is 5.82 Å². The van der Waals surface area contributed by atoms with Crippen molar-refractivity contribution in [1.29, 1.82) is 0 Å². The first-order valence-corrected chi connectivity index (χ1v) is 6.03. The summed E-state index contributed by atoms with van der Waals surface area (Å²) in [7, 11) is 0. The maximum absolute atomic E-state index is 13.1. The van der Waals surface area contributed by atoms with Crippen molar-refractivity contribution in [2.24, 2.45) is 5.92 Å². The number of alkyl halides is 6. The monoisotopic (exact) mass is 334 g/mol. The Morgan fingerprint density at radius 3 is 2.27 bits per heavy atom. The Balaban J connectivity index is 2.80. The first kappa shape index (κ1) is 18.3. The molecule has 0 fully saturated rings. The van der Waals surface area contributed by atoms with Crippen LogP contribution in [0.1, 0.15) is 32.0 Å². The quantitative estimate of drug-likeness (QED) is 0.775. The first-order valence-electron chi connectivity index (χ1n) is 6.03. The number of ketones is 1. The Bertz CT molecular complexity index is 501. The highest BCUT2D eigenvalue weighted by molar-refractivity contribution is 5.83. The minimum absolute atomic E-state index is 0.476. The number of Topliss-reactive ketones (excluding diaryl/α,β-unsaturated/α-hetero) is 1. The Kier molecular flexibility index (Phi) is 5.15. The molecule has 6 nitrogen and oxygen atoms in total. The molecule has 2 atom stereocenters. The summed E-state index contributed by atoms with van der Waals surface area (Å²) in [6.07, 6.45) is -12.1. The van der Waals surface area contributed by atoms with Crippen LogP contribution in [0.25, 0.3) is 0 Å². The molecule has 0 saturated carbocycles. The molecule has 0 aromatic carbocycles. The standard InChI is InChI=1S/C10H12F6N4O2/c1-5(3-2-4-6(21)9(11,12)13)8(22,10(14,15)16)7-17-19-20-18-7/h5,22H,2-4H2,1H3,(H,17,18,19,20). The average Bonchev–Trinajstić information content (AvgIpc) is 2.88. The van der Waals surface area contributed by atoms with Gasteiger partial charge >= 0.3 is 12.4 Å². The lowest BCUT2D eigenvalue weighted by Gasteiger charge is -2.33. The molecule has 0 radical (unpaired) electrons. The second-order valence-corrected chi connectivity index (χ2v) is 4.71. The molecule has 126 valence electrons. The molecule has 0 aliphatic carbocycles. The fourth-order valence-corrected chi connectivity index (χ4v) is 1.87. The van der Waals surface area contributed by atoms with Gasteiger partial charge in [0.15, 0.2) is 0 Å². The van der Waals surface area contributed by atoms with E-state index in [2.05, 4.69) is 15.4 Å². The Morgan fingerprint density at radius 2 is 1.86 bits per heavy atom. The van der Waals surface area contributed by atoms with Crippen molar-refractivity contribution in [3.8, 4) is 0 Å². The minimum Gasteiger partial charge on any atom is -0.374 e. The number of carbonyl (C=O) groups is 1. The molecule has 12 heteroatoms. The van der Waals surface area contributed by atoms with E-state index in [0.29, 0.717) is 0 Å². The maximum Gasteiger partial charge on any atom is 0.449 e. The average molecular weight is 334 g/mol. The van der Waals surface area contributed by atoms with Crippen LogP contribution >= 0.6 is 0 Å². The summed E-state index contributed by atoms with van der Waals surface area (Å²) in [4.78, 5) is 10.7. The highest BCUT2D eigenvalue weighted by atomic mass is 19.4. The van der Waals surface area contributed by atoms with E-state index < -0.39 is 54.7 Å². The van der Waals surface area contributed by atoms with Crippen LogP contribution in [-0.2, 0) is 10.4 Å². The number of aromatic nitrogens is 4. The van der Waals surface area contributed by atoms with E-state index in [0.717, 1.165) is 6.92 Å². The number of aliphatic hydroxyl groups is 1. The fraction of sp³-hybridized carbons (Fsp3) is 0.800. The van der Waals surface area contributed by atoms with E-state index in [1.807, 2.05) is 0 Å². The van der Waals surface area contributed by atoms with Crippen LogP contribution in [0.4, 0.5) is 26.3 Å². The topological polar surface area (TPSA) is 91.8 Å². The molecule has 2 N–H and O–H groups in total. The molecule has 0 aliphatic heterocycles. The molecule has 0 amide bonds. The van der Waals surface area contributed by atoms with E-state index >= 15 is 0 Å². The van der Waals surface area contributed by atoms with Gasteiger partial charge in [0.25, 0.3) is 0 Å². The number of hydrogen-bond donors (Lipinski definition) is 2. The molecular weight excluding hydrogens is 322 g/mol. The van der Waals surface area contributed by atoms with Crippen LogP contribution in [0.2, 0.25) is 0 Å². The Morgan fingerprint density at radius 1 is 1.27 bits per heavy atom. The molecule has 1 rings (SSSR count). The highest BCUT2D eigenvalue weighted by Crippen LogP contribution is 2.44. The van der Waals surface area contributed by atoms with Gasteiger partial charge in [-0.05, 0) is 12.8 Å². The van der Waals surface area contributed by atoms with Crippen LogP contribution in [0, 0.1) is 5.92 Å². The normalized spacial score (nSPS) is 17.1. The van der Waals surface area contributed by atoms with E-state index in [-0.39, 0.29) is 0 Å². The zero-order valence-corrected chi connectivity index (χ0v) is 11.2. The Labute approximate surface area is 119 Å². The molecule has 1 heterocycles. The summed E-state index contributed by atoms with van der Waals surface area (Å²) in [5.41, 5.74) is -3.47. The fourth-order valence-electron chi connectivity index (χ4n) is 1.87. The van der Waals surface area contributed by atoms with Gasteiger partial charge in [0.05, 0.1) is 0 Å². The smallest absolute Gasteiger partial charge is 0.374 e. The van der Waals surface area contributed by atoms with Crippen LogP contribution in [-0.4, -0.2) is 43.9 Å². The number of hydrogen-bond acceptors (Lipinski definition) is 5. The number of halogens is 6. The van der Waals surface area contributed by atoms with E-state index in [9.17, 15) is 36.2 Å². The van der Waals surface area contributed by atoms with Gasteiger partial charge < -0.3 is 5.11 Å². The molecule has 2 unspecified atom stereocenters. The zero-order chi connectivity index (χ0) is 17.2. The number of H-pyrrole nitrogens is 1. The number of aromatic amines is 1. The van der Waals surface area contributed by atoms with E-state index in [1.165, 1.54) is 0 Å². The molecular formula is C10H12F6N4O2. The minimum atomic E-state index is -5.16. The molecule has 0 saturated heterocycles. The number of tetrazole rings is 1.